The Bertz CT molecular complexity index is 108. The van der Waals surface area contributed by atoms with Crippen LogP contribution in [-0.2, 0) is 0 Å². The second-order valence-corrected chi connectivity index (χ2v) is 3.43. The highest BCUT2D eigenvalue weighted by Gasteiger charge is 1.86. The van der Waals surface area contributed by atoms with Gasteiger partial charge in [-0.05, 0) is 29.0 Å². The first-order valence-corrected chi connectivity index (χ1v) is 5.01. The van der Waals surface area contributed by atoms with Crippen molar-refractivity contribution in [2.75, 3.05) is 6.54 Å². The van der Waals surface area contributed by atoms with Gasteiger partial charge in [0.2, 0.25) is 0 Å². The monoisotopic (exact) mass is 160 g/mol. The molecule has 0 radical (unpaired) electrons. The second kappa shape index (κ2) is 4.88. The van der Waals surface area contributed by atoms with Crippen LogP contribution in [-0.4, -0.2) is 6.54 Å². The number of nitrogens with zero attached hydrogens (tertiary/aromatic N) is 2. The third-order valence-corrected chi connectivity index (χ3v) is 2.28. The number of hydrogen-bond acceptors (Lipinski definition) is 4. The Balaban J connectivity index is 2.28. The van der Waals surface area contributed by atoms with E-state index in [9.17, 15) is 0 Å². The molecule has 1 rings (SSSR count). The molecule has 2 nitrogen and oxygen atoms in total. The average Bonchev–Trinajstić information content (AvgIpc) is 2.00. The molecule has 0 saturated heterocycles. The maximum Gasteiger partial charge on any atom is 0.0716 e. The predicted molar refractivity (Wildman–Crippen MR) is 43.3 cm³/mol. The van der Waals surface area contributed by atoms with Crippen LogP contribution < -0.4 is 0 Å². The molecule has 4 heteroatoms. The summed E-state index contributed by atoms with van der Waals surface area (Å²) in [5.74, 6) is 0. The topological polar surface area (TPSA) is 24.7 Å². The molecule has 0 N–H and O–H groups in total. The number of allylic oxidation sites excluding steroid dienone is 1. The predicted octanol–water partition coefficient (Wildman–Crippen LogP) is 3.04. The van der Waals surface area contributed by atoms with Gasteiger partial charge in [-0.1, -0.05) is 6.08 Å². The fraction of sp³-hybridized carbons (Fsp3) is 0.600. The molecular formula is C5H8N2S2. The molecule has 0 atom stereocenters. The minimum Gasteiger partial charge on any atom is -0.181 e. The van der Waals surface area contributed by atoms with Gasteiger partial charge in [-0.15, -0.1) is 4.52 Å². The van der Waals surface area contributed by atoms with E-state index in [1.54, 1.807) is 10.8 Å². The van der Waals surface area contributed by atoms with Crippen molar-refractivity contribution < 1.29 is 0 Å². The summed E-state index contributed by atoms with van der Waals surface area (Å²) in [5, 5.41) is 5.98. The highest BCUT2D eigenvalue weighted by molar-refractivity contribution is 8.77. The third kappa shape index (κ3) is 3.59. The van der Waals surface area contributed by atoms with Gasteiger partial charge in [-0.25, -0.2) is 0 Å². The standard InChI is InChI=1S/C5H8N2S2/c1-2-4-6-7-9-8-5-3-1/h3,5H,1-2,4H2. The fourth-order valence-corrected chi connectivity index (χ4v) is 1.57. The summed E-state index contributed by atoms with van der Waals surface area (Å²) in [6.45, 7) is 0.873. The molecule has 0 bridgehead atoms. The molecule has 1 aliphatic rings. The summed E-state index contributed by atoms with van der Waals surface area (Å²) in [4.78, 5) is 0. The molecule has 0 aromatic heterocycles. The molecule has 0 aromatic carbocycles. The van der Waals surface area contributed by atoms with Crippen molar-refractivity contribution in [2.45, 2.75) is 12.8 Å². The minimum atomic E-state index is 0.873. The quantitative estimate of drug-likeness (QED) is 0.402. The number of rotatable bonds is 0. The van der Waals surface area contributed by atoms with Crippen molar-refractivity contribution in [1.82, 2.24) is 0 Å². The van der Waals surface area contributed by atoms with Crippen LogP contribution in [0.4, 0.5) is 0 Å². The van der Waals surface area contributed by atoms with E-state index in [-0.39, 0.29) is 0 Å². The van der Waals surface area contributed by atoms with Crippen LogP contribution in [0.1, 0.15) is 12.8 Å². The first-order valence-electron chi connectivity index (χ1n) is 2.84. The Morgan fingerprint density at radius 3 is 3.44 bits per heavy atom. The van der Waals surface area contributed by atoms with Crippen molar-refractivity contribution in [2.24, 2.45) is 9.63 Å². The first kappa shape index (κ1) is 7.15. The summed E-state index contributed by atoms with van der Waals surface area (Å²) in [5.41, 5.74) is 0. The molecule has 50 valence electrons. The van der Waals surface area contributed by atoms with Gasteiger partial charge in [-0.3, -0.25) is 0 Å². The molecule has 0 fully saturated rings. The molecular weight excluding hydrogens is 152 g/mol. The summed E-state index contributed by atoms with van der Waals surface area (Å²) < 4.78 is 3.84. The van der Waals surface area contributed by atoms with Crippen molar-refractivity contribution in [3.8, 4) is 0 Å². The van der Waals surface area contributed by atoms with Crippen molar-refractivity contribution in [1.29, 1.82) is 0 Å². The lowest BCUT2D eigenvalue weighted by Gasteiger charge is -1.83. The molecule has 0 saturated carbocycles. The van der Waals surface area contributed by atoms with Gasteiger partial charge in [0.1, 0.15) is 0 Å². The summed E-state index contributed by atoms with van der Waals surface area (Å²) in [6, 6.07) is 0. The Labute approximate surface area is 62.7 Å². The largest absolute Gasteiger partial charge is 0.181 e. The van der Waals surface area contributed by atoms with Gasteiger partial charge in [0, 0.05) is 0 Å². The van der Waals surface area contributed by atoms with E-state index in [4.69, 9.17) is 0 Å². The SMILES string of the molecule is C1=CSSN=NCCC1. The molecule has 0 aliphatic carbocycles. The first-order chi connectivity index (χ1) is 4.50. The van der Waals surface area contributed by atoms with Crippen LogP contribution in [0.25, 0.3) is 0 Å². The van der Waals surface area contributed by atoms with Gasteiger partial charge in [0.15, 0.2) is 0 Å². The Hall–Kier alpha value is 0.0400. The Morgan fingerprint density at radius 1 is 1.44 bits per heavy atom. The van der Waals surface area contributed by atoms with Crippen LogP contribution in [0.15, 0.2) is 21.1 Å². The molecule has 0 spiro atoms. The summed E-state index contributed by atoms with van der Waals surface area (Å²) in [6.07, 6.45) is 4.42. The fourth-order valence-electron chi connectivity index (χ4n) is 0.496. The second-order valence-electron chi connectivity index (χ2n) is 1.63. The Morgan fingerprint density at radius 2 is 2.44 bits per heavy atom. The van der Waals surface area contributed by atoms with E-state index >= 15 is 0 Å². The van der Waals surface area contributed by atoms with Gasteiger partial charge in [0.25, 0.3) is 0 Å². The molecule has 1 heterocycles. The van der Waals surface area contributed by atoms with Crippen LogP contribution in [0.5, 0.6) is 0 Å². The zero-order chi connectivity index (χ0) is 6.36. The molecule has 1 aliphatic heterocycles. The molecule has 0 unspecified atom stereocenters. The van der Waals surface area contributed by atoms with E-state index in [0.29, 0.717) is 0 Å². The Kier molecular flexibility index (Phi) is 3.87. The van der Waals surface area contributed by atoms with Crippen LogP contribution in [0.3, 0.4) is 0 Å². The lowest BCUT2D eigenvalue weighted by Crippen LogP contribution is -1.74. The van der Waals surface area contributed by atoms with E-state index in [2.05, 4.69) is 21.1 Å². The van der Waals surface area contributed by atoms with E-state index in [1.165, 1.54) is 11.0 Å². The van der Waals surface area contributed by atoms with E-state index in [0.717, 1.165) is 19.4 Å². The average molecular weight is 160 g/mol. The zero-order valence-electron chi connectivity index (χ0n) is 4.99. The normalized spacial score (nSPS) is 20.4. The maximum absolute atomic E-state index is 3.92. The smallest absolute Gasteiger partial charge is 0.0716 e. The molecule has 9 heavy (non-hydrogen) atoms. The van der Waals surface area contributed by atoms with E-state index < -0.39 is 0 Å². The van der Waals surface area contributed by atoms with Crippen LogP contribution in [0.2, 0.25) is 0 Å². The van der Waals surface area contributed by atoms with Crippen molar-refractivity contribution in [3.05, 3.63) is 11.5 Å². The lowest BCUT2D eigenvalue weighted by molar-refractivity contribution is 0.830. The lowest BCUT2D eigenvalue weighted by atomic mass is 10.3. The minimum absolute atomic E-state index is 0.873. The van der Waals surface area contributed by atoms with E-state index in [1.807, 2.05) is 0 Å². The summed E-state index contributed by atoms with van der Waals surface area (Å²) in [7, 11) is 3.05. The molecule has 0 amide bonds. The van der Waals surface area contributed by atoms with Gasteiger partial charge < -0.3 is 0 Å². The maximum atomic E-state index is 3.92. The highest BCUT2D eigenvalue weighted by atomic mass is 33.1. The van der Waals surface area contributed by atoms with Gasteiger partial charge in [0.05, 0.1) is 17.5 Å². The summed E-state index contributed by atoms with van der Waals surface area (Å²) >= 11 is 0. The van der Waals surface area contributed by atoms with Crippen molar-refractivity contribution in [3.63, 3.8) is 0 Å². The zero-order valence-corrected chi connectivity index (χ0v) is 6.62. The molecule has 0 aromatic rings. The third-order valence-electron chi connectivity index (χ3n) is 0.915. The van der Waals surface area contributed by atoms with Crippen molar-refractivity contribution >= 4 is 21.8 Å². The number of hydrogen-bond donors (Lipinski definition) is 0. The van der Waals surface area contributed by atoms with Crippen LogP contribution >= 0.6 is 21.8 Å². The van der Waals surface area contributed by atoms with Crippen LogP contribution in [0, 0.1) is 0 Å². The highest BCUT2D eigenvalue weighted by Crippen LogP contribution is 2.24. The van der Waals surface area contributed by atoms with Gasteiger partial charge >= 0.3 is 0 Å². The van der Waals surface area contributed by atoms with Gasteiger partial charge in [-0.2, -0.15) is 5.11 Å².